The summed E-state index contributed by atoms with van der Waals surface area (Å²) in [5, 5.41) is 10.4. The van der Waals surface area contributed by atoms with Crippen LogP contribution >= 0.6 is 19.1 Å². The van der Waals surface area contributed by atoms with Gasteiger partial charge in [0.25, 0.3) is 0 Å². The Morgan fingerprint density at radius 3 is 1.21 bits per heavy atom. The van der Waals surface area contributed by atoms with Crippen LogP contribution in [0.5, 0.6) is 0 Å². The zero-order chi connectivity index (χ0) is 25.0. The van der Waals surface area contributed by atoms with E-state index in [-0.39, 0.29) is 0 Å². The van der Waals surface area contributed by atoms with Gasteiger partial charge in [0.05, 0.1) is 11.4 Å². The zero-order valence-electron chi connectivity index (χ0n) is 18.7. The average molecular weight is 678 g/mol. The molecule has 0 heterocycles. The predicted molar refractivity (Wildman–Crippen MR) is 137 cm³/mol. The Bertz CT molecular complexity index is 1040. The average Bonchev–Trinajstić information content (AvgIpc) is 2.92. The monoisotopic (exact) mass is 676 g/mol. The summed E-state index contributed by atoms with van der Waals surface area (Å²) in [5.74, 6) is 0. The fourth-order valence-electron chi connectivity index (χ4n) is 2.52. The summed E-state index contributed by atoms with van der Waals surface area (Å²) in [4.78, 5) is 0. The number of rotatable bonds is 4. The van der Waals surface area contributed by atoms with Crippen molar-refractivity contribution in [1.29, 1.82) is 0 Å². The van der Waals surface area contributed by atoms with Gasteiger partial charge in [0.15, 0.2) is 0 Å². The molecule has 4 rings (SSSR count). The zero-order valence-corrected chi connectivity index (χ0v) is 23.3. The van der Waals surface area contributed by atoms with Gasteiger partial charge in [-0.3, -0.25) is 10.9 Å². The van der Waals surface area contributed by atoms with Crippen molar-refractivity contribution in [3.05, 3.63) is 131 Å². The first-order valence-corrected chi connectivity index (χ1v) is 14.1. The number of para-hydroxylation sites is 2. The van der Waals surface area contributed by atoms with E-state index in [4.69, 9.17) is 0 Å². The molecule has 0 bridgehead atoms. The molecule has 0 aromatic heterocycles. The third-order valence-electron chi connectivity index (χ3n) is 4.24. The molecule has 0 aliphatic rings. The van der Waals surface area contributed by atoms with Crippen molar-refractivity contribution in [2.75, 3.05) is 10.9 Å². The number of nitrogens with zero attached hydrogens (tertiary/aromatic N) is 2. The van der Waals surface area contributed by atoms with Crippen LogP contribution in [0.2, 0.25) is 0 Å². The van der Waals surface area contributed by atoms with E-state index < -0.39 is 0 Å². The third kappa shape index (κ3) is 13.0. The molecule has 4 aromatic carbocycles. The van der Waals surface area contributed by atoms with Crippen molar-refractivity contribution < 1.29 is 36.4 Å². The van der Waals surface area contributed by atoms with E-state index in [1.807, 2.05) is 109 Å². The van der Waals surface area contributed by atoms with Gasteiger partial charge < -0.3 is 0 Å². The fraction of sp³-hybridized carbons (Fsp3) is 0.0769. The van der Waals surface area contributed by atoms with Crippen LogP contribution in [0.4, 0.5) is 11.4 Å². The van der Waals surface area contributed by atoms with Crippen molar-refractivity contribution in [2.45, 2.75) is 13.8 Å². The summed E-state index contributed by atoms with van der Waals surface area (Å²) < 4.78 is 0. The Morgan fingerprint density at radius 1 is 0.559 bits per heavy atom. The minimum absolute atomic E-state index is 0.935. The second-order valence-electron chi connectivity index (χ2n) is 6.85. The van der Waals surface area contributed by atoms with Crippen LogP contribution in [0.25, 0.3) is 0 Å². The number of hydrogen-bond acceptors (Lipinski definition) is 4. The third-order valence-corrected chi connectivity index (χ3v) is 4.24. The van der Waals surface area contributed by atoms with Crippen LogP contribution in [0, 0.1) is 13.8 Å². The maximum absolute atomic E-state index is 4.49. The van der Waals surface area contributed by atoms with E-state index >= 15 is 0 Å². The number of halogens is 2. The van der Waals surface area contributed by atoms with Gasteiger partial charge in [0.1, 0.15) is 0 Å². The molecule has 34 heavy (non-hydrogen) atoms. The van der Waals surface area contributed by atoms with Crippen molar-refractivity contribution in [3.8, 4) is 0 Å². The van der Waals surface area contributed by atoms with Gasteiger partial charge in [-0.1, -0.05) is 50.2 Å². The van der Waals surface area contributed by atoms with Crippen molar-refractivity contribution >= 4 is 30.4 Å². The van der Waals surface area contributed by atoms with Gasteiger partial charge in [-0.05, 0) is 35.0 Å². The van der Waals surface area contributed by atoms with Crippen molar-refractivity contribution in [3.63, 3.8) is 0 Å². The fourth-order valence-corrected chi connectivity index (χ4v) is 2.52. The molecule has 0 radical (unpaired) electrons. The summed E-state index contributed by atoms with van der Waals surface area (Å²) in [5.41, 5.74) is 10.5. The van der Waals surface area contributed by atoms with Gasteiger partial charge in [0.2, 0.25) is 0 Å². The first kappa shape index (κ1) is 30.0. The van der Waals surface area contributed by atoms with Crippen LogP contribution in [-0.2, 0) is 36.4 Å². The summed E-state index contributed by atoms with van der Waals surface area (Å²) >= 11 is 4.44. The summed E-state index contributed by atoms with van der Waals surface area (Å²) in [6.45, 7) is 4.13. The van der Waals surface area contributed by atoms with Gasteiger partial charge in [0, 0.05) is 0 Å². The molecule has 0 unspecified atom stereocenters. The molecule has 0 amide bonds. The number of hydrogen-bond donors (Lipinski definition) is 2. The maximum atomic E-state index is 4.49. The van der Waals surface area contributed by atoms with Crippen molar-refractivity contribution in [2.24, 2.45) is 10.2 Å². The SMILES string of the molecule is Cc1ccc(=NNc2ccccc2)[cH-]c1.Cc1ccc(=NNc2ccccc2)[cH-]c1.[Cl][Pd+].[Cl][Pd+]. The van der Waals surface area contributed by atoms with E-state index in [2.05, 4.69) is 90.3 Å². The number of nitrogens with one attached hydrogen (secondary N) is 2. The Labute approximate surface area is 231 Å². The van der Waals surface area contributed by atoms with E-state index in [0.29, 0.717) is 0 Å². The summed E-state index contributed by atoms with van der Waals surface area (Å²) in [6.07, 6.45) is 0. The van der Waals surface area contributed by atoms with Crippen LogP contribution in [0.3, 0.4) is 0 Å². The first-order valence-electron chi connectivity index (χ1n) is 10.1. The molecular formula is C26H26Cl2N4Pd2. The van der Waals surface area contributed by atoms with E-state index in [0.717, 1.165) is 22.1 Å². The molecule has 0 spiro atoms. The molecule has 2 N–H and O–H groups in total. The van der Waals surface area contributed by atoms with Crippen LogP contribution in [0.15, 0.2) is 119 Å². The molecule has 0 atom stereocenters. The minimum atomic E-state index is 0.935. The van der Waals surface area contributed by atoms with Crippen molar-refractivity contribution in [1.82, 2.24) is 0 Å². The molecule has 0 aliphatic heterocycles. The number of benzene rings is 4. The molecular weight excluding hydrogens is 652 g/mol. The van der Waals surface area contributed by atoms with Gasteiger partial charge in [-0.15, -0.1) is 24.3 Å². The molecule has 0 saturated heterocycles. The molecule has 8 heteroatoms. The standard InChI is InChI=1S/2C13H13N2.2ClH.2Pd/c2*1-11-7-9-13(10-8-11)15-14-12-5-3-2-4-6-12;;;;/h2*2-10,14H,1H3;2*1H;;/q2*-1;;;2*+2/p-2. The van der Waals surface area contributed by atoms with Gasteiger partial charge >= 0.3 is 55.4 Å². The second-order valence-corrected chi connectivity index (χ2v) is 6.85. The summed E-state index contributed by atoms with van der Waals surface area (Å²) in [6, 6.07) is 36.0. The predicted octanol–water partition coefficient (Wildman–Crippen LogP) is 6.66. The molecule has 0 aliphatic carbocycles. The molecule has 0 saturated carbocycles. The van der Waals surface area contributed by atoms with E-state index in [9.17, 15) is 0 Å². The quantitative estimate of drug-likeness (QED) is 0.144. The Balaban J connectivity index is 0.000000297. The van der Waals surface area contributed by atoms with E-state index in [1.165, 1.54) is 11.1 Å². The van der Waals surface area contributed by atoms with Crippen LogP contribution < -0.4 is 21.6 Å². The topological polar surface area (TPSA) is 48.8 Å². The molecule has 0 fully saturated rings. The number of aryl methyl sites for hydroxylation is 2. The Kier molecular flexibility index (Phi) is 17.0. The van der Waals surface area contributed by atoms with Gasteiger partial charge in [-0.2, -0.15) is 35.4 Å². The summed E-state index contributed by atoms with van der Waals surface area (Å²) in [7, 11) is 8.98. The first-order chi connectivity index (χ1) is 16.7. The van der Waals surface area contributed by atoms with Crippen LogP contribution in [-0.4, -0.2) is 0 Å². The van der Waals surface area contributed by atoms with E-state index in [1.54, 1.807) is 0 Å². The molecule has 4 nitrogen and oxygen atoms in total. The van der Waals surface area contributed by atoms with Crippen LogP contribution in [0.1, 0.15) is 11.1 Å². The van der Waals surface area contributed by atoms with Gasteiger partial charge in [-0.25, -0.2) is 10.2 Å². The number of anilines is 2. The second kappa shape index (κ2) is 19.3. The molecule has 4 aromatic rings. The normalized spacial score (nSPS) is 8.94. The Morgan fingerprint density at radius 2 is 0.912 bits per heavy atom. The Hall–Kier alpha value is -2.02. The molecule has 184 valence electrons.